The minimum absolute atomic E-state index is 0.0444. The molecule has 1 aromatic carbocycles. The van der Waals surface area contributed by atoms with Crippen molar-refractivity contribution < 1.29 is 4.74 Å². The third kappa shape index (κ3) is 2.99. The minimum atomic E-state index is -0.0444. The number of amidine groups is 1. The molecule has 0 spiro atoms. The predicted molar refractivity (Wildman–Crippen MR) is 63.3 cm³/mol. The smallest absolute Gasteiger partial charge is 0.182 e. The molecule has 0 saturated heterocycles. The Kier molecular flexibility index (Phi) is 4.34. The zero-order valence-corrected chi connectivity index (χ0v) is 9.69. The van der Waals surface area contributed by atoms with Crippen LogP contribution in [0.2, 0.25) is 0 Å². The van der Waals surface area contributed by atoms with Crippen LogP contribution >= 0.6 is 0 Å². The Morgan fingerprint density at radius 1 is 1.50 bits per heavy atom. The van der Waals surface area contributed by atoms with Crippen molar-refractivity contribution in [3.05, 3.63) is 29.8 Å². The van der Waals surface area contributed by atoms with Gasteiger partial charge < -0.3 is 4.74 Å². The van der Waals surface area contributed by atoms with Crippen molar-refractivity contribution in [2.75, 3.05) is 7.11 Å². The number of rotatable bonds is 3. The highest BCUT2D eigenvalue weighted by atomic mass is 16.5. The number of aliphatic imine (C=N–C) groups is 1. The van der Waals surface area contributed by atoms with Crippen LogP contribution in [0.25, 0.3) is 0 Å². The van der Waals surface area contributed by atoms with Crippen LogP contribution < -0.4 is 10.1 Å². The molecule has 0 heterocycles. The number of methoxy groups -OCH3 is 1. The molecule has 1 N–H and O–H groups in total. The standard InChI is InChI=1S/C12H15N3O/c1-9(15-10(2)14-8-13)11-6-4-5-7-12(11)16-3/h4-7,9H,1-3H3,(H,14,15). The van der Waals surface area contributed by atoms with E-state index in [0.29, 0.717) is 5.84 Å². The highest BCUT2D eigenvalue weighted by Gasteiger charge is 2.09. The molecule has 84 valence electrons. The molecule has 0 aliphatic heterocycles. The van der Waals surface area contributed by atoms with E-state index >= 15 is 0 Å². The average molecular weight is 217 g/mol. The molecule has 1 rings (SSSR count). The first-order valence-corrected chi connectivity index (χ1v) is 5.01. The highest BCUT2D eigenvalue weighted by Crippen LogP contribution is 2.26. The molecule has 1 aromatic rings. The lowest BCUT2D eigenvalue weighted by Crippen LogP contribution is -2.14. The Bertz CT molecular complexity index is 421. The summed E-state index contributed by atoms with van der Waals surface area (Å²) >= 11 is 0. The third-order valence-electron chi connectivity index (χ3n) is 2.21. The second-order valence-electron chi connectivity index (χ2n) is 3.37. The summed E-state index contributed by atoms with van der Waals surface area (Å²) in [5, 5.41) is 11.0. The van der Waals surface area contributed by atoms with E-state index in [2.05, 4.69) is 10.3 Å². The Labute approximate surface area is 95.6 Å². The molecule has 0 saturated carbocycles. The second-order valence-corrected chi connectivity index (χ2v) is 3.37. The lowest BCUT2D eigenvalue weighted by Gasteiger charge is -2.12. The molecule has 1 unspecified atom stereocenters. The lowest BCUT2D eigenvalue weighted by atomic mass is 10.1. The first kappa shape index (κ1) is 12.1. The van der Waals surface area contributed by atoms with Crippen molar-refractivity contribution in [1.82, 2.24) is 5.32 Å². The van der Waals surface area contributed by atoms with Gasteiger partial charge in [-0.25, -0.2) is 0 Å². The molecular formula is C12H15N3O. The summed E-state index contributed by atoms with van der Waals surface area (Å²) in [7, 11) is 1.63. The van der Waals surface area contributed by atoms with Gasteiger partial charge in [0.1, 0.15) is 11.6 Å². The molecule has 0 amide bonds. The Hall–Kier alpha value is -2.02. The van der Waals surface area contributed by atoms with Crippen LogP contribution in [0.1, 0.15) is 25.5 Å². The van der Waals surface area contributed by atoms with Gasteiger partial charge in [-0.3, -0.25) is 10.3 Å². The van der Waals surface area contributed by atoms with Gasteiger partial charge in [-0.1, -0.05) is 18.2 Å². The first-order chi connectivity index (χ1) is 7.69. The summed E-state index contributed by atoms with van der Waals surface area (Å²) in [5.41, 5.74) is 1.00. The number of ether oxygens (including phenoxy) is 1. The van der Waals surface area contributed by atoms with E-state index in [0.717, 1.165) is 11.3 Å². The van der Waals surface area contributed by atoms with Crippen molar-refractivity contribution >= 4 is 5.84 Å². The molecule has 0 aromatic heterocycles. The van der Waals surface area contributed by atoms with Crippen LogP contribution in [0.3, 0.4) is 0 Å². The predicted octanol–water partition coefficient (Wildman–Crippen LogP) is 2.25. The van der Waals surface area contributed by atoms with Crippen molar-refractivity contribution in [2.24, 2.45) is 4.99 Å². The van der Waals surface area contributed by atoms with E-state index in [9.17, 15) is 0 Å². The number of nitriles is 1. The molecule has 0 bridgehead atoms. The molecule has 4 heteroatoms. The number of para-hydroxylation sites is 1. The summed E-state index contributed by atoms with van der Waals surface area (Å²) in [6.45, 7) is 3.72. The monoisotopic (exact) mass is 217 g/mol. The number of hydrogen-bond donors (Lipinski definition) is 1. The van der Waals surface area contributed by atoms with Gasteiger partial charge in [-0.05, 0) is 19.9 Å². The molecule has 0 radical (unpaired) electrons. The fourth-order valence-corrected chi connectivity index (χ4v) is 1.48. The maximum Gasteiger partial charge on any atom is 0.182 e. The fraction of sp³-hybridized carbons (Fsp3) is 0.333. The average Bonchev–Trinajstić information content (AvgIpc) is 2.29. The number of hydrogen-bond acceptors (Lipinski definition) is 3. The van der Waals surface area contributed by atoms with Crippen molar-refractivity contribution in [3.63, 3.8) is 0 Å². The highest BCUT2D eigenvalue weighted by molar-refractivity contribution is 5.81. The van der Waals surface area contributed by atoms with Crippen LogP contribution in [0, 0.1) is 11.5 Å². The number of nitrogens with one attached hydrogen (secondary N) is 1. The van der Waals surface area contributed by atoms with Gasteiger partial charge in [0.25, 0.3) is 0 Å². The lowest BCUT2D eigenvalue weighted by molar-refractivity contribution is 0.407. The Balaban J connectivity index is 2.92. The molecule has 1 atom stereocenters. The normalized spacial score (nSPS) is 12.8. The fourth-order valence-electron chi connectivity index (χ4n) is 1.48. The van der Waals surface area contributed by atoms with Crippen molar-refractivity contribution in [2.45, 2.75) is 19.9 Å². The molecular weight excluding hydrogens is 202 g/mol. The third-order valence-corrected chi connectivity index (χ3v) is 2.21. The van der Waals surface area contributed by atoms with E-state index < -0.39 is 0 Å². The van der Waals surface area contributed by atoms with E-state index in [4.69, 9.17) is 10.00 Å². The van der Waals surface area contributed by atoms with Gasteiger partial charge in [0, 0.05) is 5.56 Å². The minimum Gasteiger partial charge on any atom is -0.496 e. The summed E-state index contributed by atoms with van der Waals surface area (Å²) in [6.07, 6.45) is 1.84. The Morgan fingerprint density at radius 3 is 2.81 bits per heavy atom. The zero-order chi connectivity index (χ0) is 12.0. The van der Waals surface area contributed by atoms with E-state index in [1.54, 1.807) is 14.0 Å². The Morgan fingerprint density at radius 2 is 2.19 bits per heavy atom. The SMILES string of the molecule is COc1ccccc1C(C)N=C(C)NC#N. The summed E-state index contributed by atoms with van der Waals surface area (Å²) in [4.78, 5) is 4.35. The van der Waals surface area contributed by atoms with Gasteiger partial charge >= 0.3 is 0 Å². The quantitative estimate of drug-likeness (QED) is 0.365. The van der Waals surface area contributed by atoms with Gasteiger partial charge in [0.05, 0.1) is 13.2 Å². The topological polar surface area (TPSA) is 57.4 Å². The maximum atomic E-state index is 8.45. The first-order valence-electron chi connectivity index (χ1n) is 5.01. The zero-order valence-electron chi connectivity index (χ0n) is 9.69. The van der Waals surface area contributed by atoms with Crippen LogP contribution in [-0.4, -0.2) is 12.9 Å². The second kappa shape index (κ2) is 5.76. The molecule has 4 nitrogen and oxygen atoms in total. The molecule has 0 aliphatic rings. The van der Waals surface area contributed by atoms with Gasteiger partial charge in [0.15, 0.2) is 6.19 Å². The summed E-state index contributed by atoms with van der Waals surface area (Å²) in [6, 6.07) is 7.67. The molecule has 16 heavy (non-hydrogen) atoms. The largest absolute Gasteiger partial charge is 0.496 e. The number of nitrogens with zero attached hydrogens (tertiary/aromatic N) is 2. The van der Waals surface area contributed by atoms with E-state index in [1.807, 2.05) is 37.4 Å². The van der Waals surface area contributed by atoms with Gasteiger partial charge in [-0.15, -0.1) is 0 Å². The summed E-state index contributed by atoms with van der Waals surface area (Å²) < 4.78 is 5.25. The van der Waals surface area contributed by atoms with Crippen LogP contribution in [0.15, 0.2) is 29.3 Å². The van der Waals surface area contributed by atoms with E-state index in [-0.39, 0.29) is 6.04 Å². The van der Waals surface area contributed by atoms with Gasteiger partial charge in [0.2, 0.25) is 0 Å². The molecule has 0 aliphatic carbocycles. The summed E-state index contributed by atoms with van der Waals surface area (Å²) in [5.74, 6) is 1.41. The van der Waals surface area contributed by atoms with Crippen molar-refractivity contribution in [3.8, 4) is 11.9 Å². The van der Waals surface area contributed by atoms with Crippen LogP contribution in [-0.2, 0) is 0 Å². The van der Waals surface area contributed by atoms with Crippen molar-refractivity contribution in [1.29, 1.82) is 5.26 Å². The number of benzene rings is 1. The maximum absolute atomic E-state index is 8.45. The molecule has 0 fully saturated rings. The van der Waals surface area contributed by atoms with Crippen LogP contribution in [0.5, 0.6) is 5.75 Å². The van der Waals surface area contributed by atoms with E-state index in [1.165, 1.54) is 0 Å². The van der Waals surface area contributed by atoms with Crippen LogP contribution in [0.4, 0.5) is 0 Å². The van der Waals surface area contributed by atoms with Gasteiger partial charge in [-0.2, -0.15) is 5.26 Å².